The summed E-state index contributed by atoms with van der Waals surface area (Å²) in [5.74, 6) is 0.561. The average Bonchev–Trinajstić information content (AvgIpc) is 2.31. The Morgan fingerprint density at radius 3 is 2.88 bits per heavy atom. The molecule has 0 aliphatic rings. The minimum Gasteiger partial charge on any atom is -0.494 e. The number of amidine groups is 1. The summed E-state index contributed by atoms with van der Waals surface area (Å²) in [7, 11) is 0. The maximum Gasteiger partial charge on any atom is 0.298 e. The van der Waals surface area contributed by atoms with Crippen LogP contribution in [0.25, 0.3) is 0 Å². The van der Waals surface area contributed by atoms with Crippen molar-refractivity contribution in [1.29, 1.82) is 0 Å². The number of alkyl halides is 1. The predicted molar refractivity (Wildman–Crippen MR) is 66.3 cm³/mol. The third kappa shape index (κ3) is 3.60. The van der Waals surface area contributed by atoms with Crippen molar-refractivity contribution < 1.29 is 9.66 Å². The molecule has 92 valence electrons. The van der Waals surface area contributed by atoms with Crippen LogP contribution < -0.4 is 10.5 Å². The van der Waals surface area contributed by atoms with Crippen LogP contribution >= 0.6 is 11.6 Å². The van der Waals surface area contributed by atoms with Gasteiger partial charge in [0.25, 0.3) is 5.69 Å². The quantitative estimate of drug-likeness (QED) is 0.288. The molecular weight excluding hydrogens is 246 g/mol. The molecule has 17 heavy (non-hydrogen) atoms. The van der Waals surface area contributed by atoms with Crippen LogP contribution in [-0.4, -0.2) is 23.2 Å². The second-order valence-corrected chi connectivity index (χ2v) is 3.34. The summed E-state index contributed by atoms with van der Waals surface area (Å²) in [5, 5.41) is 10.9. The van der Waals surface area contributed by atoms with Crippen LogP contribution in [0.4, 0.5) is 11.4 Å². The summed E-state index contributed by atoms with van der Waals surface area (Å²) in [6.45, 7) is 2.23. The summed E-state index contributed by atoms with van der Waals surface area (Å²) in [4.78, 5) is 14.2. The summed E-state index contributed by atoms with van der Waals surface area (Å²) in [5.41, 5.74) is 5.44. The first-order chi connectivity index (χ1) is 8.08. The lowest BCUT2D eigenvalue weighted by molar-refractivity contribution is -0.384. The number of benzene rings is 1. The van der Waals surface area contributed by atoms with E-state index in [9.17, 15) is 10.1 Å². The zero-order valence-corrected chi connectivity index (χ0v) is 9.98. The molecule has 0 aliphatic carbocycles. The van der Waals surface area contributed by atoms with E-state index in [1.807, 2.05) is 0 Å². The largest absolute Gasteiger partial charge is 0.494 e. The van der Waals surface area contributed by atoms with Gasteiger partial charge in [0.15, 0.2) is 0 Å². The summed E-state index contributed by atoms with van der Waals surface area (Å²) in [6, 6.07) is 4.38. The van der Waals surface area contributed by atoms with Crippen LogP contribution in [-0.2, 0) is 0 Å². The number of nitro groups is 1. The van der Waals surface area contributed by atoms with E-state index in [4.69, 9.17) is 22.1 Å². The highest BCUT2D eigenvalue weighted by atomic mass is 35.5. The highest BCUT2D eigenvalue weighted by Gasteiger charge is 2.15. The van der Waals surface area contributed by atoms with Crippen molar-refractivity contribution >= 4 is 28.8 Å². The molecule has 1 rings (SSSR count). The first-order valence-corrected chi connectivity index (χ1v) is 5.42. The highest BCUT2D eigenvalue weighted by Crippen LogP contribution is 2.31. The first-order valence-electron chi connectivity index (χ1n) is 4.88. The fourth-order valence-corrected chi connectivity index (χ4v) is 1.24. The molecule has 0 radical (unpaired) electrons. The maximum absolute atomic E-state index is 10.9. The van der Waals surface area contributed by atoms with Crippen LogP contribution in [0.15, 0.2) is 23.2 Å². The van der Waals surface area contributed by atoms with Gasteiger partial charge in [-0.05, 0) is 19.1 Å². The van der Waals surface area contributed by atoms with Crippen molar-refractivity contribution in [2.75, 3.05) is 12.5 Å². The van der Waals surface area contributed by atoms with Crippen LogP contribution in [0.2, 0.25) is 0 Å². The van der Waals surface area contributed by atoms with Gasteiger partial charge in [-0.1, -0.05) is 0 Å². The predicted octanol–water partition coefficient (Wildman–Crippen LogP) is 2.22. The van der Waals surface area contributed by atoms with E-state index in [-0.39, 0.29) is 23.1 Å². The van der Waals surface area contributed by atoms with Gasteiger partial charge >= 0.3 is 0 Å². The number of nitrogens with two attached hydrogens (primary N) is 1. The minimum atomic E-state index is -0.539. The molecule has 0 fully saturated rings. The zero-order chi connectivity index (χ0) is 12.8. The smallest absolute Gasteiger partial charge is 0.298 e. The van der Waals surface area contributed by atoms with Gasteiger partial charge in [0.1, 0.15) is 17.3 Å². The molecule has 0 aliphatic heterocycles. The third-order valence-electron chi connectivity index (χ3n) is 1.86. The van der Waals surface area contributed by atoms with Gasteiger partial charge in [0.2, 0.25) is 0 Å². The SMILES string of the molecule is CCOc1ccc(N=C(N)CCl)c([N+](=O)[O-])c1. The first kappa shape index (κ1) is 13.2. The van der Waals surface area contributed by atoms with E-state index in [2.05, 4.69) is 4.99 Å². The molecule has 6 nitrogen and oxygen atoms in total. The van der Waals surface area contributed by atoms with Crippen LogP contribution in [0.3, 0.4) is 0 Å². The number of halogens is 1. The van der Waals surface area contributed by atoms with Crippen molar-refractivity contribution in [3.8, 4) is 5.75 Å². The molecule has 0 atom stereocenters. The van der Waals surface area contributed by atoms with Crippen molar-refractivity contribution in [3.63, 3.8) is 0 Å². The molecule has 0 spiro atoms. The average molecular weight is 258 g/mol. The Morgan fingerprint density at radius 2 is 2.35 bits per heavy atom. The molecule has 1 aromatic carbocycles. The molecule has 7 heteroatoms. The monoisotopic (exact) mass is 257 g/mol. The number of rotatable bonds is 5. The fraction of sp³-hybridized carbons (Fsp3) is 0.300. The Kier molecular flexibility index (Phi) is 4.71. The lowest BCUT2D eigenvalue weighted by atomic mass is 10.2. The van der Waals surface area contributed by atoms with Crippen molar-refractivity contribution in [3.05, 3.63) is 28.3 Å². The van der Waals surface area contributed by atoms with Crippen LogP contribution in [0, 0.1) is 10.1 Å². The fourth-order valence-electron chi connectivity index (χ4n) is 1.19. The maximum atomic E-state index is 10.9. The Balaban J connectivity index is 3.17. The second kappa shape index (κ2) is 6.05. The molecule has 2 N–H and O–H groups in total. The van der Waals surface area contributed by atoms with Gasteiger partial charge in [-0.2, -0.15) is 0 Å². The van der Waals surface area contributed by atoms with E-state index in [0.29, 0.717) is 12.4 Å². The minimum absolute atomic E-state index is 0.0182. The van der Waals surface area contributed by atoms with Crippen molar-refractivity contribution in [2.45, 2.75) is 6.92 Å². The van der Waals surface area contributed by atoms with Crippen molar-refractivity contribution in [1.82, 2.24) is 0 Å². The Hall–Kier alpha value is -1.82. The second-order valence-electron chi connectivity index (χ2n) is 3.08. The van der Waals surface area contributed by atoms with Gasteiger partial charge in [-0.15, -0.1) is 11.6 Å². The van der Waals surface area contributed by atoms with Crippen molar-refractivity contribution in [2.24, 2.45) is 10.7 Å². The number of ether oxygens (including phenoxy) is 1. The summed E-state index contributed by atoms with van der Waals surface area (Å²) < 4.78 is 5.17. The molecule has 0 amide bonds. The van der Waals surface area contributed by atoms with Gasteiger partial charge in [0, 0.05) is 0 Å². The van der Waals surface area contributed by atoms with E-state index < -0.39 is 4.92 Å². The molecule has 0 aromatic heterocycles. The van der Waals surface area contributed by atoms with Gasteiger partial charge in [0.05, 0.1) is 23.5 Å². The van der Waals surface area contributed by atoms with Gasteiger partial charge in [-0.25, -0.2) is 4.99 Å². The van der Waals surface area contributed by atoms with E-state index in [1.165, 1.54) is 12.1 Å². The van der Waals surface area contributed by atoms with Gasteiger partial charge < -0.3 is 10.5 Å². The van der Waals surface area contributed by atoms with Crippen LogP contribution in [0.5, 0.6) is 5.75 Å². The van der Waals surface area contributed by atoms with Crippen LogP contribution in [0.1, 0.15) is 6.92 Å². The molecular formula is C10H12ClN3O3. The highest BCUT2D eigenvalue weighted by molar-refractivity contribution is 6.28. The van der Waals surface area contributed by atoms with E-state index in [0.717, 1.165) is 0 Å². The number of hydrogen-bond donors (Lipinski definition) is 1. The zero-order valence-electron chi connectivity index (χ0n) is 9.22. The van der Waals surface area contributed by atoms with Gasteiger partial charge in [-0.3, -0.25) is 10.1 Å². The molecule has 1 aromatic rings. The van der Waals surface area contributed by atoms with E-state index in [1.54, 1.807) is 13.0 Å². The number of aliphatic imine (C=N–C) groups is 1. The molecule has 0 heterocycles. The Labute approximate surface area is 103 Å². The topological polar surface area (TPSA) is 90.8 Å². The number of hydrogen-bond acceptors (Lipinski definition) is 4. The number of nitro benzene ring substituents is 1. The summed E-state index contributed by atoms with van der Waals surface area (Å²) in [6.07, 6.45) is 0. The molecule has 0 unspecified atom stereocenters. The Morgan fingerprint density at radius 1 is 1.65 bits per heavy atom. The third-order valence-corrected chi connectivity index (χ3v) is 2.13. The lowest BCUT2D eigenvalue weighted by Gasteiger charge is -2.04. The molecule has 0 saturated carbocycles. The standard InChI is InChI=1S/C10H12ClN3O3/c1-2-17-7-3-4-8(13-10(12)6-11)9(5-7)14(15)16/h3-5H,2,6H2,1H3,(H2,12,13). The Bertz CT molecular complexity index is 448. The lowest BCUT2D eigenvalue weighted by Crippen LogP contribution is -2.12. The summed E-state index contributed by atoms with van der Waals surface area (Å²) >= 11 is 5.46. The van der Waals surface area contributed by atoms with E-state index >= 15 is 0 Å². The number of nitrogens with zero attached hydrogens (tertiary/aromatic N) is 2. The normalized spacial score (nSPS) is 11.3. The molecule has 0 bridgehead atoms. The molecule has 0 saturated heterocycles.